The van der Waals surface area contributed by atoms with Gasteiger partial charge in [-0.25, -0.2) is 4.98 Å². The van der Waals surface area contributed by atoms with Gasteiger partial charge in [-0.05, 0) is 26.2 Å². The van der Waals surface area contributed by atoms with E-state index in [0.717, 1.165) is 31.2 Å². The molecular formula is C16H29N3O. The van der Waals surface area contributed by atoms with Crippen LogP contribution in [0.4, 0.5) is 5.95 Å². The highest BCUT2D eigenvalue weighted by atomic mass is 16.5. The van der Waals surface area contributed by atoms with Crippen LogP contribution in [0.2, 0.25) is 0 Å². The quantitative estimate of drug-likeness (QED) is 0.802. The highest BCUT2D eigenvalue weighted by molar-refractivity contribution is 5.29. The SMILES string of the molecule is COCCCNc1nc(C)cn1C1CCCCCCC1. The van der Waals surface area contributed by atoms with Crippen LogP contribution in [0.25, 0.3) is 0 Å². The van der Waals surface area contributed by atoms with E-state index in [9.17, 15) is 0 Å². The van der Waals surface area contributed by atoms with Crippen molar-refractivity contribution in [1.29, 1.82) is 0 Å². The number of aryl methyl sites for hydroxylation is 1. The molecule has 1 aliphatic rings. The van der Waals surface area contributed by atoms with Crippen molar-refractivity contribution in [3.05, 3.63) is 11.9 Å². The Bertz CT molecular complexity index is 381. The van der Waals surface area contributed by atoms with E-state index in [0.29, 0.717) is 6.04 Å². The fourth-order valence-electron chi connectivity index (χ4n) is 3.05. The van der Waals surface area contributed by atoms with Crippen molar-refractivity contribution >= 4 is 5.95 Å². The summed E-state index contributed by atoms with van der Waals surface area (Å²) in [5.41, 5.74) is 1.11. The molecule has 0 spiro atoms. The molecule has 0 unspecified atom stereocenters. The topological polar surface area (TPSA) is 39.1 Å². The summed E-state index contributed by atoms with van der Waals surface area (Å²) in [4.78, 5) is 4.65. The lowest BCUT2D eigenvalue weighted by Gasteiger charge is -2.23. The lowest BCUT2D eigenvalue weighted by Crippen LogP contribution is -2.15. The van der Waals surface area contributed by atoms with Crippen molar-refractivity contribution in [2.45, 2.75) is 64.3 Å². The summed E-state index contributed by atoms with van der Waals surface area (Å²) in [6.45, 7) is 3.81. The Hall–Kier alpha value is -1.03. The molecule has 0 atom stereocenters. The van der Waals surface area contributed by atoms with Gasteiger partial charge in [0.15, 0.2) is 0 Å². The fourth-order valence-corrected chi connectivity index (χ4v) is 3.05. The molecule has 0 aromatic carbocycles. The Morgan fingerprint density at radius 2 is 1.95 bits per heavy atom. The van der Waals surface area contributed by atoms with Gasteiger partial charge in [-0.3, -0.25) is 0 Å². The maximum absolute atomic E-state index is 5.09. The second kappa shape index (κ2) is 8.30. The van der Waals surface area contributed by atoms with Gasteiger partial charge in [-0.1, -0.05) is 32.1 Å². The summed E-state index contributed by atoms with van der Waals surface area (Å²) >= 11 is 0. The maximum Gasteiger partial charge on any atom is 0.203 e. The molecule has 1 aromatic rings. The van der Waals surface area contributed by atoms with Crippen LogP contribution < -0.4 is 5.32 Å². The van der Waals surface area contributed by atoms with E-state index in [1.807, 2.05) is 0 Å². The van der Waals surface area contributed by atoms with Crippen molar-refractivity contribution in [3.8, 4) is 0 Å². The summed E-state index contributed by atoms with van der Waals surface area (Å²) in [7, 11) is 1.75. The summed E-state index contributed by atoms with van der Waals surface area (Å²) in [5.74, 6) is 1.05. The predicted molar refractivity (Wildman–Crippen MR) is 83.3 cm³/mol. The molecule has 0 amide bonds. The molecule has 1 fully saturated rings. The summed E-state index contributed by atoms with van der Waals surface area (Å²) < 4.78 is 7.48. The van der Waals surface area contributed by atoms with Crippen molar-refractivity contribution in [1.82, 2.24) is 9.55 Å². The molecule has 0 aliphatic heterocycles. The molecule has 1 saturated carbocycles. The first-order valence-electron chi connectivity index (χ1n) is 8.09. The van der Waals surface area contributed by atoms with Crippen LogP contribution in [0.1, 0.15) is 63.1 Å². The van der Waals surface area contributed by atoms with Gasteiger partial charge < -0.3 is 14.6 Å². The third-order valence-corrected chi connectivity index (χ3v) is 4.13. The average Bonchev–Trinajstić information content (AvgIpc) is 2.75. The first kappa shape index (κ1) is 15.4. The Morgan fingerprint density at radius 1 is 1.25 bits per heavy atom. The molecule has 20 heavy (non-hydrogen) atoms. The molecule has 1 aromatic heterocycles. The Labute approximate surface area is 122 Å². The van der Waals surface area contributed by atoms with E-state index in [4.69, 9.17) is 4.74 Å². The number of aromatic nitrogens is 2. The van der Waals surface area contributed by atoms with Gasteiger partial charge in [0.05, 0.1) is 5.69 Å². The van der Waals surface area contributed by atoms with Crippen LogP contribution in [0.15, 0.2) is 6.20 Å². The van der Waals surface area contributed by atoms with Crippen molar-refractivity contribution in [3.63, 3.8) is 0 Å². The minimum atomic E-state index is 0.626. The number of rotatable bonds is 6. The lowest BCUT2D eigenvalue weighted by molar-refractivity contribution is 0.197. The summed E-state index contributed by atoms with van der Waals surface area (Å²) in [6, 6.07) is 0.626. The number of methoxy groups -OCH3 is 1. The van der Waals surface area contributed by atoms with Gasteiger partial charge in [0.2, 0.25) is 5.95 Å². The second-order valence-electron chi connectivity index (χ2n) is 5.89. The predicted octanol–water partition coefficient (Wildman–Crippen LogP) is 3.93. The number of hydrogen-bond donors (Lipinski definition) is 1. The van der Waals surface area contributed by atoms with Gasteiger partial charge in [-0.2, -0.15) is 0 Å². The number of ether oxygens (including phenoxy) is 1. The number of hydrogen-bond acceptors (Lipinski definition) is 3. The lowest BCUT2D eigenvalue weighted by atomic mass is 9.96. The van der Waals surface area contributed by atoms with E-state index in [-0.39, 0.29) is 0 Å². The van der Waals surface area contributed by atoms with E-state index < -0.39 is 0 Å². The molecular weight excluding hydrogens is 250 g/mol. The first-order valence-corrected chi connectivity index (χ1v) is 8.09. The zero-order valence-electron chi connectivity index (χ0n) is 13.0. The van der Waals surface area contributed by atoms with Crippen molar-refractivity contribution in [2.24, 2.45) is 0 Å². The molecule has 1 heterocycles. The van der Waals surface area contributed by atoms with Crippen LogP contribution in [0, 0.1) is 6.92 Å². The van der Waals surface area contributed by atoms with E-state index in [1.165, 1.54) is 44.9 Å². The van der Waals surface area contributed by atoms with Gasteiger partial charge in [0.1, 0.15) is 0 Å². The van der Waals surface area contributed by atoms with Crippen LogP contribution in [-0.4, -0.2) is 29.8 Å². The minimum absolute atomic E-state index is 0.626. The zero-order valence-corrected chi connectivity index (χ0v) is 13.0. The van der Waals surface area contributed by atoms with Gasteiger partial charge >= 0.3 is 0 Å². The molecule has 4 heteroatoms. The van der Waals surface area contributed by atoms with E-state index in [1.54, 1.807) is 7.11 Å². The summed E-state index contributed by atoms with van der Waals surface area (Å²) in [6.07, 6.45) is 12.7. The van der Waals surface area contributed by atoms with Gasteiger partial charge in [-0.15, -0.1) is 0 Å². The number of nitrogens with one attached hydrogen (secondary N) is 1. The molecule has 4 nitrogen and oxygen atoms in total. The molecule has 0 saturated heterocycles. The molecule has 0 bridgehead atoms. The van der Waals surface area contributed by atoms with Crippen LogP contribution in [0.3, 0.4) is 0 Å². The van der Waals surface area contributed by atoms with E-state index >= 15 is 0 Å². The number of anilines is 1. The number of nitrogens with zero attached hydrogens (tertiary/aromatic N) is 2. The molecule has 0 radical (unpaired) electrons. The highest BCUT2D eigenvalue weighted by Crippen LogP contribution is 2.29. The van der Waals surface area contributed by atoms with Crippen molar-refractivity contribution < 1.29 is 4.74 Å². The van der Waals surface area contributed by atoms with Crippen molar-refractivity contribution in [2.75, 3.05) is 25.6 Å². The highest BCUT2D eigenvalue weighted by Gasteiger charge is 2.17. The van der Waals surface area contributed by atoms with Crippen LogP contribution >= 0.6 is 0 Å². The zero-order chi connectivity index (χ0) is 14.2. The van der Waals surface area contributed by atoms with Crippen LogP contribution in [-0.2, 0) is 4.74 Å². The Kier molecular flexibility index (Phi) is 6.37. The Morgan fingerprint density at radius 3 is 2.65 bits per heavy atom. The largest absolute Gasteiger partial charge is 0.385 e. The number of imidazole rings is 1. The Balaban J connectivity index is 1.97. The smallest absolute Gasteiger partial charge is 0.203 e. The molecule has 1 N–H and O–H groups in total. The molecule has 1 aliphatic carbocycles. The van der Waals surface area contributed by atoms with Crippen LogP contribution in [0.5, 0.6) is 0 Å². The second-order valence-corrected chi connectivity index (χ2v) is 5.89. The van der Waals surface area contributed by atoms with Gasteiger partial charge in [0.25, 0.3) is 0 Å². The monoisotopic (exact) mass is 279 g/mol. The minimum Gasteiger partial charge on any atom is -0.385 e. The van der Waals surface area contributed by atoms with E-state index in [2.05, 4.69) is 28.0 Å². The first-order chi connectivity index (χ1) is 9.81. The molecule has 2 rings (SSSR count). The summed E-state index contributed by atoms with van der Waals surface area (Å²) in [5, 5.41) is 3.47. The average molecular weight is 279 g/mol. The van der Waals surface area contributed by atoms with Gasteiger partial charge in [0, 0.05) is 32.5 Å². The molecule has 114 valence electrons. The normalized spacial score (nSPS) is 17.7. The standard InChI is InChI=1S/C16H29N3O/c1-14-13-19(15-9-6-4-3-5-7-10-15)16(18-14)17-11-8-12-20-2/h13,15H,3-12H2,1-2H3,(H,17,18). The third kappa shape index (κ3) is 4.51. The maximum atomic E-state index is 5.09. The third-order valence-electron chi connectivity index (χ3n) is 4.13. The fraction of sp³-hybridized carbons (Fsp3) is 0.812.